The first-order chi connectivity index (χ1) is 7.59. The van der Waals surface area contributed by atoms with Crippen molar-refractivity contribution in [3.8, 4) is 11.1 Å². The second kappa shape index (κ2) is 4.31. The first-order valence-corrected chi connectivity index (χ1v) is 4.88. The highest BCUT2D eigenvalue weighted by molar-refractivity contribution is 6.33. The maximum atomic E-state index is 13.5. The molecular weight excluding hydrogens is 257 g/mol. The van der Waals surface area contributed by atoms with Gasteiger partial charge in [0.05, 0.1) is 17.3 Å². The van der Waals surface area contributed by atoms with Gasteiger partial charge in [0.15, 0.2) is 5.82 Å². The van der Waals surface area contributed by atoms with Crippen LogP contribution in [0.1, 0.15) is 0 Å². The van der Waals surface area contributed by atoms with Crippen molar-refractivity contribution in [2.45, 2.75) is 0 Å². The highest BCUT2D eigenvalue weighted by Gasteiger charge is 2.15. The van der Waals surface area contributed by atoms with Gasteiger partial charge in [0, 0.05) is 23.5 Å². The third-order valence-electron chi connectivity index (χ3n) is 1.88. The summed E-state index contributed by atoms with van der Waals surface area (Å²) in [6.45, 7) is 0. The van der Waals surface area contributed by atoms with Crippen LogP contribution in [0, 0.1) is 17.7 Å². The number of hydrogen-bond acceptors (Lipinski definition) is 2. The predicted molar refractivity (Wildman–Crippen MR) is 56.2 cm³/mol. The SMILES string of the molecule is Fc1[c]c(Cl)ncc1-c1c(F)cncc1Cl. The van der Waals surface area contributed by atoms with Crippen molar-refractivity contribution in [3.63, 3.8) is 0 Å². The number of nitrogens with zero attached hydrogens (tertiary/aromatic N) is 2. The van der Waals surface area contributed by atoms with Crippen LogP contribution in [-0.2, 0) is 0 Å². The smallest absolute Gasteiger partial charge is 0.150 e. The Hall–Kier alpha value is -1.26. The Morgan fingerprint density at radius 1 is 1.12 bits per heavy atom. The fourth-order valence-corrected chi connectivity index (χ4v) is 1.59. The molecule has 0 saturated carbocycles. The number of pyridine rings is 2. The van der Waals surface area contributed by atoms with E-state index in [-0.39, 0.29) is 21.3 Å². The largest absolute Gasteiger partial charge is 0.260 e. The average molecular weight is 260 g/mol. The van der Waals surface area contributed by atoms with Gasteiger partial charge in [-0.05, 0) is 0 Å². The van der Waals surface area contributed by atoms with E-state index in [0.29, 0.717) is 0 Å². The highest BCUT2D eigenvalue weighted by atomic mass is 35.5. The fraction of sp³-hybridized carbons (Fsp3) is 0. The summed E-state index contributed by atoms with van der Waals surface area (Å²) >= 11 is 11.2. The molecule has 0 aliphatic rings. The maximum absolute atomic E-state index is 13.5. The monoisotopic (exact) mass is 259 g/mol. The van der Waals surface area contributed by atoms with Crippen molar-refractivity contribution in [2.75, 3.05) is 0 Å². The molecule has 1 radical (unpaired) electrons. The molecule has 2 rings (SSSR count). The van der Waals surface area contributed by atoms with Gasteiger partial charge in [-0.25, -0.2) is 13.8 Å². The van der Waals surface area contributed by atoms with Gasteiger partial charge < -0.3 is 0 Å². The van der Waals surface area contributed by atoms with Crippen molar-refractivity contribution in [1.82, 2.24) is 9.97 Å². The molecule has 0 aliphatic carbocycles. The van der Waals surface area contributed by atoms with Gasteiger partial charge in [0.25, 0.3) is 0 Å². The summed E-state index contributed by atoms with van der Waals surface area (Å²) in [7, 11) is 0. The van der Waals surface area contributed by atoms with E-state index in [1.54, 1.807) is 0 Å². The Labute approximate surface area is 99.9 Å². The quantitative estimate of drug-likeness (QED) is 0.733. The van der Waals surface area contributed by atoms with Gasteiger partial charge in [-0.1, -0.05) is 23.2 Å². The van der Waals surface area contributed by atoms with E-state index < -0.39 is 11.6 Å². The van der Waals surface area contributed by atoms with E-state index in [1.165, 1.54) is 6.20 Å². The summed E-state index contributed by atoms with van der Waals surface area (Å²) in [5.74, 6) is -1.55. The molecule has 0 amide bonds. The third-order valence-corrected chi connectivity index (χ3v) is 2.36. The summed E-state index contributed by atoms with van der Waals surface area (Å²) in [6.07, 6.45) is 3.25. The molecule has 2 nitrogen and oxygen atoms in total. The van der Waals surface area contributed by atoms with E-state index in [9.17, 15) is 8.78 Å². The standard InChI is InChI=1S/C10H3Cl2F2N2/c11-6-3-15-4-8(14)10(6)5-2-16-9(12)1-7(5)13/h2-4H. The highest BCUT2D eigenvalue weighted by Crippen LogP contribution is 2.31. The van der Waals surface area contributed by atoms with Gasteiger partial charge in [-0.3, -0.25) is 4.98 Å². The van der Waals surface area contributed by atoms with E-state index in [0.717, 1.165) is 12.4 Å². The van der Waals surface area contributed by atoms with E-state index in [4.69, 9.17) is 23.2 Å². The molecule has 0 atom stereocenters. The minimum Gasteiger partial charge on any atom is -0.260 e. The molecule has 2 aromatic rings. The maximum Gasteiger partial charge on any atom is 0.150 e. The lowest BCUT2D eigenvalue weighted by molar-refractivity contribution is 0.610. The Kier molecular flexibility index (Phi) is 3.03. The van der Waals surface area contributed by atoms with E-state index in [1.807, 2.05) is 0 Å². The molecule has 2 heterocycles. The van der Waals surface area contributed by atoms with Crippen molar-refractivity contribution in [2.24, 2.45) is 0 Å². The second-order valence-corrected chi connectivity index (χ2v) is 3.65. The molecule has 81 valence electrons. The zero-order chi connectivity index (χ0) is 11.7. The Morgan fingerprint density at radius 3 is 2.50 bits per heavy atom. The summed E-state index contributed by atoms with van der Waals surface area (Å²) < 4.78 is 26.9. The van der Waals surface area contributed by atoms with Gasteiger partial charge in [0.1, 0.15) is 11.0 Å². The predicted octanol–water partition coefficient (Wildman–Crippen LogP) is 3.53. The number of halogens is 4. The van der Waals surface area contributed by atoms with Gasteiger partial charge >= 0.3 is 0 Å². The van der Waals surface area contributed by atoms with Crippen LogP contribution >= 0.6 is 23.2 Å². The molecule has 0 aromatic carbocycles. The van der Waals surface area contributed by atoms with Gasteiger partial charge in [-0.15, -0.1) is 0 Å². The lowest BCUT2D eigenvalue weighted by atomic mass is 10.1. The molecule has 0 N–H and O–H groups in total. The zero-order valence-electron chi connectivity index (χ0n) is 7.64. The first-order valence-electron chi connectivity index (χ1n) is 4.12. The molecule has 0 saturated heterocycles. The van der Waals surface area contributed by atoms with Crippen LogP contribution in [0.2, 0.25) is 10.2 Å². The Morgan fingerprint density at radius 2 is 1.88 bits per heavy atom. The molecule has 0 spiro atoms. The minimum absolute atomic E-state index is 0.00331. The number of aromatic nitrogens is 2. The molecule has 0 bridgehead atoms. The third kappa shape index (κ3) is 1.99. The lowest BCUT2D eigenvalue weighted by Crippen LogP contribution is -1.93. The fourth-order valence-electron chi connectivity index (χ4n) is 1.21. The summed E-state index contributed by atoms with van der Waals surface area (Å²) in [4.78, 5) is 7.15. The molecule has 16 heavy (non-hydrogen) atoms. The second-order valence-electron chi connectivity index (χ2n) is 2.88. The van der Waals surface area contributed by atoms with Gasteiger partial charge in [-0.2, -0.15) is 0 Å². The van der Waals surface area contributed by atoms with Crippen LogP contribution in [0.15, 0.2) is 18.6 Å². The normalized spacial score (nSPS) is 10.5. The van der Waals surface area contributed by atoms with Crippen LogP contribution in [0.4, 0.5) is 8.78 Å². The van der Waals surface area contributed by atoms with Crippen molar-refractivity contribution in [3.05, 3.63) is 46.5 Å². The Balaban J connectivity index is 2.68. The van der Waals surface area contributed by atoms with Crippen molar-refractivity contribution >= 4 is 23.2 Å². The molecule has 0 fully saturated rings. The molecule has 6 heteroatoms. The molecule has 0 unspecified atom stereocenters. The average Bonchev–Trinajstić information content (AvgIpc) is 2.20. The zero-order valence-corrected chi connectivity index (χ0v) is 9.15. The van der Waals surface area contributed by atoms with Crippen LogP contribution < -0.4 is 0 Å². The van der Waals surface area contributed by atoms with Crippen LogP contribution in [0.5, 0.6) is 0 Å². The topological polar surface area (TPSA) is 25.8 Å². The summed E-state index contributed by atoms with van der Waals surface area (Å²) in [5.41, 5.74) is -0.205. The van der Waals surface area contributed by atoms with E-state index in [2.05, 4.69) is 16.0 Å². The van der Waals surface area contributed by atoms with Crippen LogP contribution in [-0.4, -0.2) is 9.97 Å². The van der Waals surface area contributed by atoms with E-state index >= 15 is 0 Å². The number of hydrogen-bond donors (Lipinski definition) is 0. The number of rotatable bonds is 1. The van der Waals surface area contributed by atoms with Gasteiger partial charge in [0.2, 0.25) is 0 Å². The van der Waals surface area contributed by atoms with Crippen LogP contribution in [0.25, 0.3) is 11.1 Å². The minimum atomic E-state index is -0.813. The molecule has 2 aromatic heterocycles. The Bertz CT molecular complexity index is 526. The lowest BCUT2D eigenvalue weighted by Gasteiger charge is -2.05. The van der Waals surface area contributed by atoms with Crippen molar-refractivity contribution < 1.29 is 8.78 Å². The van der Waals surface area contributed by atoms with Crippen LogP contribution in [0.3, 0.4) is 0 Å². The molecular formula is C10H3Cl2F2N2. The van der Waals surface area contributed by atoms with Crippen molar-refractivity contribution in [1.29, 1.82) is 0 Å². The molecule has 0 aliphatic heterocycles. The summed E-state index contributed by atoms with van der Waals surface area (Å²) in [5, 5.41) is -0.136. The first kappa shape index (κ1) is 11.2. The summed E-state index contributed by atoms with van der Waals surface area (Å²) in [6, 6.07) is 2.13.